The largest absolute Gasteiger partial charge is 0.492 e. The normalized spacial score (nSPS) is 10.7. The van der Waals surface area contributed by atoms with E-state index in [0.717, 1.165) is 6.42 Å². The lowest BCUT2D eigenvalue weighted by molar-refractivity contribution is -0.122. The second kappa shape index (κ2) is 10.1. The Morgan fingerprint density at radius 3 is 2.67 bits per heavy atom. The summed E-state index contributed by atoms with van der Waals surface area (Å²) in [6.45, 7) is 2.63. The van der Waals surface area contributed by atoms with Gasteiger partial charge in [-0.25, -0.2) is 4.39 Å². The molecule has 0 radical (unpaired) electrons. The molecular weight excluding hydrogens is 275 g/mol. The SMILES string of the molecule is COCCCNC(=O)CN(C)CCOc1ccc(F)cc1. The maximum Gasteiger partial charge on any atom is 0.234 e. The second-order valence-corrected chi connectivity index (χ2v) is 4.74. The van der Waals surface area contributed by atoms with Crippen molar-refractivity contribution >= 4 is 5.91 Å². The Bertz CT molecular complexity index is 412. The average molecular weight is 298 g/mol. The average Bonchev–Trinajstić information content (AvgIpc) is 2.46. The zero-order valence-corrected chi connectivity index (χ0v) is 12.6. The molecule has 0 heterocycles. The molecule has 0 aliphatic carbocycles. The molecule has 0 spiro atoms. The minimum absolute atomic E-state index is 0.0182. The molecule has 1 amide bonds. The molecule has 118 valence electrons. The number of halogens is 1. The fourth-order valence-electron chi connectivity index (χ4n) is 1.67. The highest BCUT2D eigenvalue weighted by Crippen LogP contribution is 2.10. The third-order valence-corrected chi connectivity index (χ3v) is 2.82. The Kier molecular flexibility index (Phi) is 8.38. The predicted molar refractivity (Wildman–Crippen MR) is 78.9 cm³/mol. The van der Waals surface area contributed by atoms with Gasteiger partial charge in [-0.2, -0.15) is 0 Å². The minimum Gasteiger partial charge on any atom is -0.492 e. The van der Waals surface area contributed by atoms with Crippen LogP contribution in [0.3, 0.4) is 0 Å². The van der Waals surface area contributed by atoms with Crippen molar-refractivity contribution in [3.8, 4) is 5.75 Å². The van der Waals surface area contributed by atoms with Crippen LogP contribution in [-0.2, 0) is 9.53 Å². The number of amides is 1. The summed E-state index contributed by atoms with van der Waals surface area (Å²) >= 11 is 0. The number of carbonyl (C=O) groups is 1. The third-order valence-electron chi connectivity index (χ3n) is 2.82. The van der Waals surface area contributed by atoms with Crippen molar-refractivity contribution in [3.63, 3.8) is 0 Å². The number of methoxy groups -OCH3 is 1. The number of carbonyl (C=O) groups excluding carboxylic acids is 1. The van der Waals surface area contributed by atoms with Gasteiger partial charge in [0, 0.05) is 26.8 Å². The van der Waals surface area contributed by atoms with Gasteiger partial charge in [0.15, 0.2) is 0 Å². The molecule has 0 saturated heterocycles. The number of likely N-dealkylation sites (N-methyl/N-ethyl adjacent to an activating group) is 1. The second-order valence-electron chi connectivity index (χ2n) is 4.74. The lowest BCUT2D eigenvalue weighted by atomic mass is 10.3. The Balaban J connectivity index is 2.11. The molecule has 0 bridgehead atoms. The number of nitrogens with zero attached hydrogens (tertiary/aromatic N) is 1. The molecule has 0 atom stereocenters. The van der Waals surface area contributed by atoms with Gasteiger partial charge < -0.3 is 14.8 Å². The molecule has 0 aliphatic rings. The summed E-state index contributed by atoms with van der Waals surface area (Å²) in [7, 11) is 3.49. The van der Waals surface area contributed by atoms with E-state index in [1.807, 2.05) is 11.9 Å². The number of nitrogens with one attached hydrogen (secondary N) is 1. The van der Waals surface area contributed by atoms with Crippen molar-refractivity contribution in [2.45, 2.75) is 6.42 Å². The molecular formula is C15H23FN2O3. The van der Waals surface area contributed by atoms with Crippen molar-refractivity contribution in [2.24, 2.45) is 0 Å². The maximum absolute atomic E-state index is 12.7. The van der Waals surface area contributed by atoms with Crippen LogP contribution in [0.5, 0.6) is 5.75 Å². The molecule has 5 nitrogen and oxygen atoms in total. The fourth-order valence-corrected chi connectivity index (χ4v) is 1.67. The first kappa shape index (κ1) is 17.4. The van der Waals surface area contributed by atoms with Gasteiger partial charge in [-0.15, -0.1) is 0 Å². The molecule has 1 aromatic carbocycles. The van der Waals surface area contributed by atoms with Crippen LogP contribution in [0.15, 0.2) is 24.3 Å². The lowest BCUT2D eigenvalue weighted by Crippen LogP contribution is -2.37. The third kappa shape index (κ3) is 8.27. The van der Waals surface area contributed by atoms with Crippen LogP contribution in [-0.4, -0.2) is 57.8 Å². The van der Waals surface area contributed by atoms with E-state index in [1.54, 1.807) is 19.2 Å². The van der Waals surface area contributed by atoms with Crippen LogP contribution in [0.25, 0.3) is 0 Å². The number of hydrogen-bond donors (Lipinski definition) is 1. The summed E-state index contributed by atoms with van der Waals surface area (Å²) in [5, 5.41) is 2.82. The molecule has 0 aliphatic heterocycles. The molecule has 1 N–H and O–H groups in total. The van der Waals surface area contributed by atoms with Crippen molar-refractivity contribution in [1.82, 2.24) is 10.2 Å². The van der Waals surface area contributed by atoms with Gasteiger partial charge in [0.05, 0.1) is 6.54 Å². The summed E-state index contributed by atoms with van der Waals surface area (Å²) in [6.07, 6.45) is 0.805. The van der Waals surface area contributed by atoms with Crippen molar-refractivity contribution in [1.29, 1.82) is 0 Å². The summed E-state index contributed by atoms with van der Waals surface area (Å²) in [4.78, 5) is 13.5. The van der Waals surface area contributed by atoms with Crippen LogP contribution >= 0.6 is 0 Å². The molecule has 6 heteroatoms. The van der Waals surface area contributed by atoms with E-state index in [1.165, 1.54) is 12.1 Å². The Morgan fingerprint density at radius 2 is 2.00 bits per heavy atom. The van der Waals surface area contributed by atoms with Gasteiger partial charge in [0.25, 0.3) is 0 Å². The first-order valence-electron chi connectivity index (χ1n) is 6.94. The van der Waals surface area contributed by atoms with E-state index in [-0.39, 0.29) is 11.7 Å². The first-order valence-corrected chi connectivity index (χ1v) is 6.94. The van der Waals surface area contributed by atoms with Gasteiger partial charge in [-0.1, -0.05) is 0 Å². The predicted octanol–water partition coefficient (Wildman–Crippen LogP) is 1.29. The summed E-state index contributed by atoms with van der Waals surface area (Å²) in [6, 6.07) is 5.87. The van der Waals surface area contributed by atoms with Crippen molar-refractivity contribution in [3.05, 3.63) is 30.1 Å². The molecule has 0 unspecified atom stereocenters. The lowest BCUT2D eigenvalue weighted by Gasteiger charge is -2.16. The van der Waals surface area contributed by atoms with E-state index in [9.17, 15) is 9.18 Å². The summed E-state index contributed by atoms with van der Waals surface area (Å²) in [5.41, 5.74) is 0. The molecule has 1 rings (SSSR count). The summed E-state index contributed by atoms with van der Waals surface area (Å²) < 4.78 is 23.1. The fraction of sp³-hybridized carbons (Fsp3) is 0.533. The molecule has 0 aromatic heterocycles. The van der Waals surface area contributed by atoms with Gasteiger partial charge in [0.1, 0.15) is 18.2 Å². The van der Waals surface area contributed by atoms with Gasteiger partial charge >= 0.3 is 0 Å². The van der Waals surface area contributed by atoms with Crippen molar-refractivity contribution in [2.75, 3.05) is 47.0 Å². The van der Waals surface area contributed by atoms with Crippen LogP contribution in [0, 0.1) is 5.82 Å². The van der Waals surface area contributed by atoms with Gasteiger partial charge in [-0.3, -0.25) is 9.69 Å². The number of benzene rings is 1. The monoisotopic (exact) mass is 298 g/mol. The molecule has 0 fully saturated rings. The van der Waals surface area contributed by atoms with Crippen LogP contribution in [0.1, 0.15) is 6.42 Å². The van der Waals surface area contributed by atoms with E-state index in [2.05, 4.69) is 5.32 Å². The van der Waals surface area contributed by atoms with E-state index >= 15 is 0 Å². The van der Waals surface area contributed by atoms with Crippen LogP contribution < -0.4 is 10.1 Å². The zero-order chi connectivity index (χ0) is 15.5. The van der Waals surface area contributed by atoms with Crippen LogP contribution in [0.4, 0.5) is 4.39 Å². The van der Waals surface area contributed by atoms with Crippen molar-refractivity contribution < 1.29 is 18.7 Å². The summed E-state index contributed by atoms with van der Waals surface area (Å²) in [5.74, 6) is 0.314. The standard InChI is InChI=1S/C15H23FN2O3/c1-18(12-15(19)17-8-3-10-20-2)9-11-21-14-6-4-13(16)5-7-14/h4-7H,3,8-12H2,1-2H3,(H,17,19). The highest BCUT2D eigenvalue weighted by molar-refractivity contribution is 5.77. The Morgan fingerprint density at radius 1 is 1.29 bits per heavy atom. The zero-order valence-electron chi connectivity index (χ0n) is 12.6. The number of hydrogen-bond acceptors (Lipinski definition) is 4. The maximum atomic E-state index is 12.7. The molecule has 1 aromatic rings. The number of ether oxygens (including phenoxy) is 2. The first-order chi connectivity index (χ1) is 10.1. The van der Waals surface area contributed by atoms with Gasteiger partial charge in [0.2, 0.25) is 5.91 Å². The van der Waals surface area contributed by atoms with E-state index in [4.69, 9.17) is 9.47 Å². The smallest absolute Gasteiger partial charge is 0.234 e. The van der Waals surface area contributed by atoms with E-state index in [0.29, 0.717) is 38.6 Å². The van der Waals surface area contributed by atoms with E-state index < -0.39 is 0 Å². The molecule has 21 heavy (non-hydrogen) atoms. The molecule has 0 saturated carbocycles. The quantitative estimate of drug-likeness (QED) is 0.661. The van der Waals surface area contributed by atoms with Gasteiger partial charge in [-0.05, 0) is 37.7 Å². The Hall–Kier alpha value is -1.66. The Labute approximate surface area is 125 Å². The topological polar surface area (TPSA) is 50.8 Å². The highest BCUT2D eigenvalue weighted by Gasteiger charge is 2.06. The minimum atomic E-state index is -0.287. The highest BCUT2D eigenvalue weighted by atomic mass is 19.1. The number of rotatable bonds is 10. The van der Waals surface area contributed by atoms with Crippen LogP contribution in [0.2, 0.25) is 0 Å².